The van der Waals surface area contributed by atoms with Gasteiger partial charge in [-0.25, -0.2) is 4.79 Å². The molecule has 1 aromatic heterocycles. The normalized spacial score (nSPS) is 15.4. The van der Waals surface area contributed by atoms with Crippen molar-refractivity contribution in [1.82, 2.24) is 25.3 Å². The third-order valence-electron chi connectivity index (χ3n) is 4.77. The number of carbonyl (C=O) groups is 2. The molecule has 2 heterocycles. The van der Waals surface area contributed by atoms with Crippen LogP contribution in [0.4, 0.5) is 4.79 Å². The van der Waals surface area contributed by atoms with Crippen LogP contribution in [0.5, 0.6) is 0 Å². The van der Waals surface area contributed by atoms with E-state index in [2.05, 4.69) is 29.6 Å². The molecule has 0 spiro atoms. The molecule has 0 saturated carbocycles. The van der Waals surface area contributed by atoms with Crippen molar-refractivity contribution in [2.75, 3.05) is 20.1 Å². The van der Waals surface area contributed by atoms with Gasteiger partial charge in [-0.1, -0.05) is 13.8 Å². The van der Waals surface area contributed by atoms with Crippen LogP contribution in [0.3, 0.4) is 0 Å². The smallest absolute Gasteiger partial charge is 0.314 e. The van der Waals surface area contributed by atoms with E-state index in [1.165, 1.54) is 0 Å². The van der Waals surface area contributed by atoms with Gasteiger partial charge >= 0.3 is 6.03 Å². The molecule has 1 aliphatic rings. The Morgan fingerprint density at radius 2 is 1.88 bits per heavy atom. The van der Waals surface area contributed by atoms with Crippen LogP contribution in [0.2, 0.25) is 0 Å². The first-order valence-electron chi connectivity index (χ1n) is 8.79. The maximum absolute atomic E-state index is 12.7. The first-order chi connectivity index (χ1) is 11.5. The molecule has 2 N–H and O–H groups in total. The summed E-state index contributed by atoms with van der Waals surface area (Å²) in [6, 6.07) is -0.0138. The number of piperidine rings is 1. The van der Waals surface area contributed by atoms with Gasteiger partial charge < -0.3 is 15.5 Å². The van der Waals surface area contributed by atoms with Crippen molar-refractivity contribution in [2.24, 2.45) is 7.05 Å². The minimum atomic E-state index is -0.157. The van der Waals surface area contributed by atoms with E-state index in [9.17, 15) is 9.59 Å². The average Bonchev–Trinajstić information content (AvgIpc) is 2.89. The molecule has 1 saturated heterocycles. The minimum Gasteiger partial charge on any atom is -0.342 e. The number of hydrogen-bond acceptors (Lipinski definition) is 3. The van der Waals surface area contributed by atoms with E-state index < -0.39 is 0 Å². The molecule has 0 atom stereocenters. The largest absolute Gasteiger partial charge is 0.342 e. The maximum atomic E-state index is 12.7. The standard InChI is InChI=1S/C17H29N5O2/c1-5-14-13(15(6-2)21(4)20-14)11-16(23)22-9-7-12(8-10-22)19-17(24)18-3/h12H,5-11H2,1-4H3,(H2,18,19,24). The van der Waals surface area contributed by atoms with E-state index in [1.807, 2.05) is 16.6 Å². The van der Waals surface area contributed by atoms with E-state index in [1.54, 1.807) is 7.05 Å². The van der Waals surface area contributed by atoms with Crippen LogP contribution in [0.25, 0.3) is 0 Å². The number of hydrogen-bond donors (Lipinski definition) is 2. The third-order valence-corrected chi connectivity index (χ3v) is 4.77. The van der Waals surface area contributed by atoms with Crippen molar-refractivity contribution in [1.29, 1.82) is 0 Å². The Kier molecular flexibility index (Phi) is 6.23. The molecule has 1 aromatic rings. The SMILES string of the molecule is CCc1nn(C)c(CC)c1CC(=O)N1CCC(NC(=O)NC)CC1. The molecule has 24 heavy (non-hydrogen) atoms. The number of urea groups is 1. The summed E-state index contributed by atoms with van der Waals surface area (Å²) in [4.78, 5) is 26.0. The zero-order valence-electron chi connectivity index (χ0n) is 15.2. The lowest BCUT2D eigenvalue weighted by molar-refractivity contribution is -0.131. The second kappa shape index (κ2) is 8.17. The average molecular weight is 335 g/mol. The van der Waals surface area contributed by atoms with Crippen LogP contribution in [0.15, 0.2) is 0 Å². The van der Waals surface area contributed by atoms with Gasteiger partial charge in [0, 0.05) is 44.5 Å². The Hall–Kier alpha value is -2.05. The zero-order valence-corrected chi connectivity index (χ0v) is 15.2. The van der Waals surface area contributed by atoms with Gasteiger partial charge in [-0.05, 0) is 25.7 Å². The van der Waals surface area contributed by atoms with Crippen LogP contribution < -0.4 is 10.6 Å². The Morgan fingerprint density at radius 3 is 2.42 bits per heavy atom. The lowest BCUT2D eigenvalue weighted by Gasteiger charge is -2.32. The van der Waals surface area contributed by atoms with Gasteiger partial charge in [0.05, 0.1) is 12.1 Å². The van der Waals surface area contributed by atoms with Crippen molar-refractivity contribution >= 4 is 11.9 Å². The van der Waals surface area contributed by atoms with Crippen LogP contribution in [0, 0.1) is 0 Å². The van der Waals surface area contributed by atoms with Gasteiger partial charge in [0.15, 0.2) is 0 Å². The van der Waals surface area contributed by atoms with Crippen molar-refractivity contribution in [3.8, 4) is 0 Å². The molecule has 7 heteroatoms. The molecule has 0 bridgehead atoms. The molecular weight excluding hydrogens is 306 g/mol. The van der Waals surface area contributed by atoms with Crippen LogP contribution in [0.1, 0.15) is 43.6 Å². The molecule has 2 rings (SSSR count). The van der Waals surface area contributed by atoms with Crippen LogP contribution in [-0.4, -0.2) is 52.8 Å². The van der Waals surface area contributed by atoms with Crippen molar-refractivity contribution in [3.05, 3.63) is 17.0 Å². The number of likely N-dealkylation sites (tertiary alicyclic amines) is 1. The number of nitrogens with zero attached hydrogens (tertiary/aromatic N) is 3. The summed E-state index contributed by atoms with van der Waals surface area (Å²) >= 11 is 0. The van der Waals surface area contributed by atoms with Gasteiger partial charge in [0.1, 0.15) is 0 Å². The quantitative estimate of drug-likeness (QED) is 0.843. The number of rotatable bonds is 5. The molecule has 0 aromatic carbocycles. The van der Waals surface area contributed by atoms with E-state index in [4.69, 9.17) is 0 Å². The Labute approximate surface area is 143 Å². The molecule has 7 nitrogen and oxygen atoms in total. The summed E-state index contributed by atoms with van der Waals surface area (Å²) in [6.45, 7) is 5.55. The van der Waals surface area contributed by atoms with Crippen molar-refractivity contribution in [2.45, 2.75) is 52.0 Å². The fourth-order valence-electron chi connectivity index (χ4n) is 3.39. The Bertz CT molecular complexity index is 588. The fourth-order valence-corrected chi connectivity index (χ4v) is 3.39. The summed E-state index contributed by atoms with van der Waals surface area (Å²) < 4.78 is 1.90. The molecule has 1 aliphatic heterocycles. The second-order valence-electron chi connectivity index (χ2n) is 6.26. The van der Waals surface area contributed by atoms with Gasteiger partial charge in [-0.3, -0.25) is 9.48 Å². The molecule has 1 fully saturated rings. The van der Waals surface area contributed by atoms with Gasteiger partial charge in [0.2, 0.25) is 5.91 Å². The first-order valence-corrected chi connectivity index (χ1v) is 8.79. The molecule has 3 amide bonds. The van der Waals surface area contributed by atoms with E-state index in [-0.39, 0.29) is 18.0 Å². The number of aryl methyl sites for hydroxylation is 2. The third kappa shape index (κ3) is 4.07. The molecule has 0 radical (unpaired) electrons. The van der Waals surface area contributed by atoms with E-state index in [0.29, 0.717) is 19.5 Å². The summed E-state index contributed by atoms with van der Waals surface area (Å²) in [5.41, 5.74) is 3.27. The molecule has 0 aliphatic carbocycles. The number of nitrogens with one attached hydrogen (secondary N) is 2. The van der Waals surface area contributed by atoms with Crippen LogP contribution >= 0.6 is 0 Å². The highest BCUT2D eigenvalue weighted by Gasteiger charge is 2.25. The second-order valence-corrected chi connectivity index (χ2v) is 6.26. The predicted molar refractivity (Wildman–Crippen MR) is 92.9 cm³/mol. The van der Waals surface area contributed by atoms with Gasteiger partial charge in [-0.2, -0.15) is 5.10 Å². The number of amides is 3. The van der Waals surface area contributed by atoms with Gasteiger partial charge in [0.25, 0.3) is 0 Å². The number of carbonyl (C=O) groups excluding carboxylic acids is 2. The highest BCUT2D eigenvalue weighted by molar-refractivity contribution is 5.79. The highest BCUT2D eigenvalue weighted by atomic mass is 16.2. The lowest BCUT2D eigenvalue weighted by Crippen LogP contribution is -2.48. The van der Waals surface area contributed by atoms with Crippen molar-refractivity contribution in [3.63, 3.8) is 0 Å². The summed E-state index contributed by atoms with van der Waals surface area (Å²) in [7, 11) is 3.56. The fraction of sp³-hybridized carbons (Fsp3) is 0.706. The molecular formula is C17H29N5O2. The monoisotopic (exact) mass is 335 g/mol. The first kappa shape index (κ1) is 18.3. The highest BCUT2D eigenvalue weighted by Crippen LogP contribution is 2.19. The minimum absolute atomic E-state index is 0.143. The van der Waals surface area contributed by atoms with Gasteiger partial charge in [-0.15, -0.1) is 0 Å². The van der Waals surface area contributed by atoms with Crippen LogP contribution in [-0.2, 0) is 31.1 Å². The summed E-state index contributed by atoms with van der Waals surface area (Å²) in [5.74, 6) is 0.158. The van der Waals surface area contributed by atoms with E-state index >= 15 is 0 Å². The lowest BCUT2D eigenvalue weighted by atomic mass is 10.0. The number of aromatic nitrogens is 2. The summed E-state index contributed by atoms with van der Waals surface area (Å²) in [6.07, 6.45) is 3.74. The predicted octanol–water partition coefficient (Wildman–Crippen LogP) is 1.01. The Balaban J connectivity index is 1.96. The molecule has 0 unspecified atom stereocenters. The summed E-state index contributed by atoms with van der Waals surface area (Å²) in [5, 5.41) is 10.0. The maximum Gasteiger partial charge on any atom is 0.314 e. The Morgan fingerprint density at radius 1 is 1.21 bits per heavy atom. The zero-order chi connectivity index (χ0) is 17.7. The van der Waals surface area contributed by atoms with Crippen molar-refractivity contribution < 1.29 is 9.59 Å². The molecule has 134 valence electrons. The van der Waals surface area contributed by atoms with E-state index in [0.717, 1.165) is 42.6 Å². The topological polar surface area (TPSA) is 79.3 Å².